The summed E-state index contributed by atoms with van der Waals surface area (Å²) in [4.78, 5) is 49.5. The summed E-state index contributed by atoms with van der Waals surface area (Å²) in [6, 6.07) is 4.44. The molecule has 4 rings (SSSR count). The smallest absolute Gasteiger partial charge is 0.259 e. The first-order valence-corrected chi connectivity index (χ1v) is 7.12. The molecule has 0 spiro atoms. The van der Waals surface area contributed by atoms with Crippen LogP contribution in [0.2, 0.25) is 0 Å². The molecule has 1 atom stereocenters. The van der Waals surface area contributed by atoms with Crippen molar-refractivity contribution in [2.45, 2.75) is 25.3 Å². The highest BCUT2D eigenvalue weighted by molar-refractivity contribution is 6.37. The Morgan fingerprint density at radius 3 is 2.73 bits per heavy atom. The molecule has 22 heavy (non-hydrogen) atoms. The number of piperidine rings is 1. The van der Waals surface area contributed by atoms with Crippen molar-refractivity contribution in [2.24, 2.45) is 0 Å². The zero-order valence-corrected chi connectivity index (χ0v) is 11.6. The highest BCUT2D eigenvalue weighted by atomic mass is 16.2. The van der Waals surface area contributed by atoms with E-state index in [1.807, 2.05) is 0 Å². The second-order valence-electron chi connectivity index (χ2n) is 5.59. The van der Waals surface area contributed by atoms with Gasteiger partial charge in [0, 0.05) is 29.5 Å². The van der Waals surface area contributed by atoms with E-state index in [4.69, 9.17) is 0 Å². The van der Waals surface area contributed by atoms with Crippen LogP contribution >= 0.6 is 0 Å². The number of ketones is 1. The first-order chi connectivity index (χ1) is 10.6. The number of benzene rings is 1. The van der Waals surface area contributed by atoms with Gasteiger partial charge in [0.15, 0.2) is 5.78 Å². The number of anilines is 1. The molecule has 110 valence electrons. The van der Waals surface area contributed by atoms with Crippen molar-refractivity contribution in [1.82, 2.24) is 5.32 Å². The van der Waals surface area contributed by atoms with E-state index in [9.17, 15) is 19.2 Å². The number of nitrogens with zero attached hydrogens (tertiary/aromatic N) is 1. The van der Waals surface area contributed by atoms with Crippen molar-refractivity contribution in [1.29, 1.82) is 0 Å². The van der Waals surface area contributed by atoms with Gasteiger partial charge >= 0.3 is 0 Å². The summed E-state index contributed by atoms with van der Waals surface area (Å²) >= 11 is 0. The number of carbonyl (C=O) groups is 4. The largest absolute Gasteiger partial charge is 0.295 e. The maximum atomic E-state index is 12.7. The van der Waals surface area contributed by atoms with Crippen LogP contribution in [0.5, 0.6) is 0 Å². The molecular weight excluding hydrogens is 284 g/mol. The standard InChI is InChI=1S/C16H12N2O4/c19-12-6-4-9-14-8(12)2-1-3-10(14)18(16(9)22)11-5-7-13(20)17-15(11)21/h1-4,11H,5-7H2,(H,17,20,21). The fourth-order valence-electron chi connectivity index (χ4n) is 3.33. The lowest BCUT2D eigenvalue weighted by atomic mass is 9.91. The van der Waals surface area contributed by atoms with Crippen LogP contribution in [0.3, 0.4) is 0 Å². The molecule has 1 aromatic rings. The minimum absolute atomic E-state index is 0.0291. The van der Waals surface area contributed by atoms with Crippen molar-refractivity contribution >= 4 is 34.8 Å². The molecule has 0 radical (unpaired) electrons. The van der Waals surface area contributed by atoms with Gasteiger partial charge in [-0.3, -0.25) is 29.4 Å². The highest BCUT2D eigenvalue weighted by Crippen LogP contribution is 2.43. The number of hydrogen-bond acceptors (Lipinski definition) is 4. The molecule has 2 aliphatic heterocycles. The summed E-state index contributed by atoms with van der Waals surface area (Å²) < 4.78 is 0. The zero-order chi connectivity index (χ0) is 15.4. The van der Waals surface area contributed by atoms with Gasteiger partial charge < -0.3 is 0 Å². The molecule has 1 fully saturated rings. The SMILES string of the molecule is O=C1CCC(N2C(=O)C3=CCC(=O)c4cccc2c43)C(=O)N1. The Balaban J connectivity index is 1.85. The molecule has 3 amide bonds. The molecule has 0 saturated carbocycles. The first-order valence-electron chi connectivity index (χ1n) is 7.12. The number of Topliss-reactive ketones (excluding diaryl/α,β-unsaturated/α-hetero) is 1. The van der Waals surface area contributed by atoms with Crippen LogP contribution < -0.4 is 10.2 Å². The Hall–Kier alpha value is -2.76. The van der Waals surface area contributed by atoms with Crippen LogP contribution in [0.1, 0.15) is 35.2 Å². The predicted octanol–water partition coefficient (Wildman–Crippen LogP) is 0.808. The first kappa shape index (κ1) is 12.9. The fourth-order valence-corrected chi connectivity index (χ4v) is 3.33. The number of nitrogens with one attached hydrogen (secondary N) is 1. The molecule has 2 heterocycles. The normalized spacial score (nSPS) is 23.4. The molecular formula is C16H12N2O4. The molecule has 3 aliphatic rings. The van der Waals surface area contributed by atoms with E-state index in [0.717, 1.165) is 0 Å². The number of amides is 3. The summed E-state index contributed by atoms with van der Waals surface area (Å²) in [6.07, 6.45) is 2.32. The maximum Gasteiger partial charge on any atom is 0.259 e. The molecule has 6 heteroatoms. The van der Waals surface area contributed by atoms with E-state index in [0.29, 0.717) is 28.8 Å². The third-order valence-corrected chi connectivity index (χ3v) is 4.33. The minimum Gasteiger partial charge on any atom is -0.295 e. The summed E-state index contributed by atoms with van der Waals surface area (Å²) in [5.41, 5.74) is 2.21. The Kier molecular flexibility index (Phi) is 2.57. The van der Waals surface area contributed by atoms with E-state index in [1.54, 1.807) is 24.3 Å². The van der Waals surface area contributed by atoms with Crippen molar-refractivity contribution < 1.29 is 19.2 Å². The lowest BCUT2D eigenvalue weighted by Gasteiger charge is -2.29. The molecule has 1 saturated heterocycles. The monoisotopic (exact) mass is 296 g/mol. The van der Waals surface area contributed by atoms with E-state index >= 15 is 0 Å². The van der Waals surface area contributed by atoms with E-state index in [2.05, 4.69) is 5.32 Å². The fraction of sp³-hybridized carbons (Fsp3) is 0.250. The maximum absolute atomic E-state index is 12.7. The van der Waals surface area contributed by atoms with Gasteiger partial charge in [0.05, 0.1) is 5.69 Å². The van der Waals surface area contributed by atoms with Gasteiger partial charge in [-0.2, -0.15) is 0 Å². The van der Waals surface area contributed by atoms with Crippen LogP contribution in [0.4, 0.5) is 5.69 Å². The van der Waals surface area contributed by atoms with Crippen molar-refractivity contribution in [2.75, 3.05) is 4.90 Å². The average Bonchev–Trinajstić information content (AvgIpc) is 2.77. The van der Waals surface area contributed by atoms with Crippen LogP contribution in [-0.2, 0) is 14.4 Å². The average molecular weight is 296 g/mol. The summed E-state index contributed by atoms with van der Waals surface area (Å²) in [5.74, 6) is -1.09. The molecule has 0 bridgehead atoms. The third kappa shape index (κ3) is 1.60. The van der Waals surface area contributed by atoms with Crippen molar-refractivity contribution in [3.8, 4) is 0 Å². The molecule has 1 N–H and O–H groups in total. The number of rotatable bonds is 1. The molecule has 1 aromatic carbocycles. The Labute approximate surface area is 125 Å². The minimum atomic E-state index is -0.710. The third-order valence-electron chi connectivity index (χ3n) is 4.33. The molecule has 1 unspecified atom stereocenters. The van der Waals surface area contributed by atoms with Crippen LogP contribution in [0.25, 0.3) is 5.57 Å². The Morgan fingerprint density at radius 2 is 1.95 bits per heavy atom. The highest BCUT2D eigenvalue weighted by Gasteiger charge is 2.44. The molecule has 6 nitrogen and oxygen atoms in total. The number of allylic oxidation sites excluding steroid dienone is 1. The summed E-state index contributed by atoms with van der Waals surface area (Å²) in [7, 11) is 0. The van der Waals surface area contributed by atoms with Gasteiger partial charge in [-0.25, -0.2) is 0 Å². The lowest BCUT2D eigenvalue weighted by Crippen LogP contribution is -2.53. The Morgan fingerprint density at radius 1 is 1.14 bits per heavy atom. The quantitative estimate of drug-likeness (QED) is 0.777. The lowest BCUT2D eigenvalue weighted by molar-refractivity contribution is -0.135. The topological polar surface area (TPSA) is 83.6 Å². The number of imide groups is 1. The van der Waals surface area contributed by atoms with Crippen molar-refractivity contribution in [3.63, 3.8) is 0 Å². The molecule has 0 aromatic heterocycles. The Bertz CT molecular complexity index is 793. The number of carbonyl (C=O) groups excluding carboxylic acids is 4. The van der Waals surface area contributed by atoms with Gasteiger partial charge in [0.25, 0.3) is 5.91 Å². The van der Waals surface area contributed by atoms with Crippen LogP contribution in [-0.4, -0.2) is 29.5 Å². The van der Waals surface area contributed by atoms with Gasteiger partial charge in [-0.1, -0.05) is 18.2 Å². The second kappa shape index (κ2) is 4.37. The van der Waals surface area contributed by atoms with Crippen LogP contribution in [0.15, 0.2) is 24.3 Å². The zero-order valence-electron chi connectivity index (χ0n) is 11.6. The van der Waals surface area contributed by atoms with E-state index in [-0.39, 0.29) is 30.4 Å². The van der Waals surface area contributed by atoms with Gasteiger partial charge in [0.2, 0.25) is 11.8 Å². The summed E-state index contributed by atoms with van der Waals surface area (Å²) in [5, 5.41) is 2.27. The second-order valence-corrected chi connectivity index (χ2v) is 5.59. The van der Waals surface area contributed by atoms with E-state index < -0.39 is 11.9 Å². The van der Waals surface area contributed by atoms with Gasteiger partial charge in [0.1, 0.15) is 6.04 Å². The van der Waals surface area contributed by atoms with Crippen LogP contribution in [0, 0.1) is 0 Å². The van der Waals surface area contributed by atoms with Gasteiger partial charge in [-0.05, 0) is 12.5 Å². The van der Waals surface area contributed by atoms with Crippen molar-refractivity contribution in [3.05, 3.63) is 35.4 Å². The van der Waals surface area contributed by atoms with E-state index in [1.165, 1.54) is 4.90 Å². The molecule has 1 aliphatic carbocycles. The van der Waals surface area contributed by atoms with Gasteiger partial charge in [-0.15, -0.1) is 0 Å². The number of hydrogen-bond donors (Lipinski definition) is 1. The predicted molar refractivity (Wildman–Crippen MR) is 77.0 cm³/mol. The summed E-state index contributed by atoms with van der Waals surface area (Å²) in [6.45, 7) is 0.